The predicted octanol–water partition coefficient (Wildman–Crippen LogP) is 0.947. The zero-order valence-electron chi connectivity index (χ0n) is 13.9. The first-order chi connectivity index (χ1) is 11.8. The lowest BCUT2D eigenvalue weighted by atomic mass is 10.3. The molecule has 1 aromatic heterocycles. The van der Waals surface area contributed by atoms with Crippen LogP contribution in [0.15, 0.2) is 24.3 Å². The van der Waals surface area contributed by atoms with Gasteiger partial charge in [0, 0.05) is 31.2 Å². The van der Waals surface area contributed by atoms with E-state index < -0.39 is 10.0 Å². The van der Waals surface area contributed by atoms with Gasteiger partial charge in [-0.25, -0.2) is 18.1 Å². The third-order valence-electron chi connectivity index (χ3n) is 4.03. The lowest BCUT2D eigenvalue weighted by molar-refractivity contribution is 0.0686. The number of aromatic nitrogens is 3. The minimum atomic E-state index is -3.23. The molecule has 0 unspecified atom stereocenters. The van der Waals surface area contributed by atoms with Crippen LogP contribution in [0.25, 0.3) is 5.69 Å². The first-order valence-corrected chi connectivity index (χ1v) is 9.92. The maximum atomic E-state index is 12.6. The Bertz CT molecular complexity index is 886. The zero-order valence-corrected chi connectivity index (χ0v) is 15.5. The Kier molecular flexibility index (Phi) is 4.81. The fourth-order valence-electron chi connectivity index (χ4n) is 2.67. The molecule has 0 saturated carbocycles. The van der Waals surface area contributed by atoms with Gasteiger partial charge in [-0.3, -0.25) is 4.79 Å². The number of rotatable bonds is 3. The smallest absolute Gasteiger partial charge is 0.293 e. The van der Waals surface area contributed by atoms with Gasteiger partial charge in [0.1, 0.15) is 5.82 Å². The predicted molar refractivity (Wildman–Crippen MR) is 93.4 cm³/mol. The number of halogens is 1. The lowest BCUT2D eigenvalue weighted by Crippen LogP contribution is -2.50. The summed E-state index contributed by atoms with van der Waals surface area (Å²) in [6.07, 6.45) is 1.17. The summed E-state index contributed by atoms with van der Waals surface area (Å²) in [6.45, 7) is 2.96. The van der Waals surface area contributed by atoms with Gasteiger partial charge in [-0.15, -0.1) is 5.10 Å². The van der Waals surface area contributed by atoms with Crippen molar-refractivity contribution in [3.63, 3.8) is 0 Å². The molecule has 2 aromatic rings. The molecule has 1 aromatic carbocycles. The number of aryl methyl sites for hydroxylation is 1. The minimum absolute atomic E-state index is 0.0975. The van der Waals surface area contributed by atoms with Crippen molar-refractivity contribution in [3.05, 3.63) is 40.9 Å². The minimum Gasteiger partial charge on any atom is -0.333 e. The van der Waals surface area contributed by atoms with Crippen LogP contribution in [0, 0.1) is 6.92 Å². The molecule has 2 heterocycles. The Hall–Kier alpha value is -1.97. The van der Waals surface area contributed by atoms with Gasteiger partial charge in [0.05, 0.1) is 11.9 Å². The Morgan fingerprint density at radius 2 is 1.72 bits per heavy atom. The zero-order chi connectivity index (χ0) is 18.2. The van der Waals surface area contributed by atoms with Crippen LogP contribution in [0.3, 0.4) is 0 Å². The molecule has 1 amide bonds. The summed E-state index contributed by atoms with van der Waals surface area (Å²) in [4.78, 5) is 18.4. The highest BCUT2D eigenvalue weighted by Crippen LogP contribution is 2.15. The van der Waals surface area contributed by atoms with E-state index >= 15 is 0 Å². The number of sulfonamides is 1. The maximum Gasteiger partial charge on any atom is 0.293 e. The standard InChI is InChI=1S/C15H18ClN5O3S/c1-11-17-14(18-21(11)13-5-3-12(16)4-6-13)15(22)19-7-9-20(10-8-19)25(2,23)24/h3-6H,7-10H2,1-2H3. The summed E-state index contributed by atoms with van der Waals surface area (Å²) in [5.74, 6) is 0.379. The lowest BCUT2D eigenvalue weighted by Gasteiger charge is -2.32. The highest BCUT2D eigenvalue weighted by molar-refractivity contribution is 7.88. The first-order valence-electron chi connectivity index (χ1n) is 7.70. The molecule has 3 rings (SSSR count). The van der Waals surface area contributed by atoms with Gasteiger partial charge in [0.25, 0.3) is 5.91 Å². The third-order valence-corrected chi connectivity index (χ3v) is 5.58. The molecular weight excluding hydrogens is 366 g/mol. The van der Waals surface area contributed by atoms with Crippen molar-refractivity contribution in [2.24, 2.45) is 0 Å². The van der Waals surface area contributed by atoms with Crippen LogP contribution < -0.4 is 0 Å². The van der Waals surface area contributed by atoms with Crippen LogP contribution in [-0.4, -0.2) is 70.7 Å². The highest BCUT2D eigenvalue weighted by atomic mass is 35.5. The molecule has 1 saturated heterocycles. The van der Waals surface area contributed by atoms with E-state index in [2.05, 4.69) is 10.1 Å². The second-order valence-electron chi connectivity index (χ2n) is 5.83. The van der Waals surface area contributed by atoms with Gasteiger partial charge in [0.15, 0.2) is 0 Å². The molecule has 25 heavy (non-hydrogen) atoms. The number of nitrogens with zero attached hydrogens (tertiary/aromatic N) is 5. The van der Waals surface area contributed by atoms with Gasteiger partial charge in [-0.2, -0.15) is 4.31 Å². The molecule has 0 radical (unpaired) electrons. The van der Waals surface area contributed by atoms with E-state index in [0.717, 1.165) is 5.69 Å². The van der Waals surface area contributed by atoms with Crippen LogP contribution in [0.5, 0.6) is 0 Å². The molecule has 8 nitrogen and oxygen atoms in total. The van der Waals surface area contributed by atoms with Gasteiger partial charge in [0.2, 0.25) is 15.8 Å². The van der Waals surface area contributed by atoms with Crippen molar-refractivity contribution in [2.45, 2.75) is 6.92 Å². The number of hydrogen-bond acceptors (Lipinski definition) is 5. The monoisotopic (exact) mass is 383 g/mol. The number of hydrogen-bond donors (Lipinski definition) is 0. The fourth-order valence-corrected chi connectivity index (χ4v) is 3.62. The summed E-state index contributed by atoms with van der Waals surface area (Å²) in [5, 5.41) is 4.90. The molecule has 0 atom stereocenters. The number of piperazine rings is 1. The molecule has 0 aliphatic carbocycles. The van der Waals surface area contributed by atoms with Crippen LogP contribution in [-0.2, 0) is 10.0 Å². The van der Waals surface area contributed by atoms with Gasteiger partial charge in [-0.1, -0.05) is 11.6 Å². The van der Waals surface area contributed by atoms with Crippen molar-refractivity contribution in [3.8, 4) is 5.69 Å². The van der Waals surface area contributed by atoms with Crippen molar-refractivity contribution in [1.82, 2.24) is 24.0 Å². The van der Waals surface area contributed by atoms with Crippen molar-refractivity contribution >= 4 is 27.5 Å². The molecule has 10 heteroatoms. The third kappa shape index (κ3) is 3.83. The van der Waals surface area contributed by atoms with Crippen LogP contribution >= 0.6 is 11.6 Å². The Balaban J connectivity index is 1.76. The van der Waals surface area contributed by atoms with Crippen LogP contribution in [0.1, 0.15) is 16.4 Å². The van der Waals surface area contributed by atoms with E-state index in [4.69, 9.17) is 11.6 Å². The summed E-state index contributed by atoms with van der Waals surface area (Å²) in [7, 11) is -3.23. The Labute approximate surface area is 151 Å². The van der Waals surface area contributed by atoms with Gasteiger partial charge >= 0.3 is 0 Å². The summed E-state index contributed by atoms with van der Waals surface area (Å²) in [6, 6.07) is 7.07. The molecule has 1 fully saturated rings. The van der Waals surface area contributed by atoms with Crippen molar-refractivity contribution in [2.75, 3.05) is 32.4 Å². The van der Waals surface area contributed by atoms with Crippen molar-refractivity contribution < 1.29 is 13.2 Å². The second-order valence-corrected chi connectivity index (χ2v) is 8.24. The van der Waals surface area contributed by atoms with E-state index in [-0.39, 0.29) is 24.8 Å². The van der Waals surface area contributed by atoms with E-state index in [1.807, 2.05) is 0 Å². The molecular formula is C15H18ClN5O3S. The fraction of sp³-hybridized carbons (Fsp3) is 0.400. The van der Waals surface area contributed by atoms with E-state index in [9.17, 15) is 13.2 Å². The molecule has 1 aliphatic heterocycles. The first kappa shape index (κ1) is 17.8. The van der Waals surface area contributed by atoms with Crippen LogP contribution in [0.2, 0.25) is 5.02 Å². The molecule has 1 aliphatic rings. The Morgan fingerprint density at radius 3 is 2.28 bits per heavy atom. The summed E-state index contributed by atoms with van der Waals surface area (Å²) < 4.78 is 26.0. The van der Waals surface area contributed by atoms with Crippen molar-refractivity contribution in [1.29, 1.82) is 0 Å². The van der Waals surface area contributed by atoms with Gasteiger partial charge in [-0.05, 0) is 31.2 Å². The quantitative estimate of drug-likeness (QED) is 0.787. The van der Waals surface area contributed by atoms with Crippen LogP contribution in [0.4, 0.5) is 0 Å². The molecule has 0 N–H and O–H groups in total. The second kappa shape index (κ2) is 6.74. The number of carbonyl (C=O) groups is 1. The van der Waals surface area contributed by atoms with E-state index in [1.165, 1.54) is 10.6 Å². The summed E-state index contributed by atoms with van der Waals surface area (Å²) >= 11 is 5.89. The summed E-state index contributed by atoms with van der Waals surface area (Å²) in [5.41, 5.74) is 0.760. The topological polar surface area (TPSA) is 88.4 Å². The van der Waals surface area contributed by atoms with Gasteiger partial charge < -0.3 is 4.90 Å². The average molecular weight is 384 g/mol. The molecule has 0 bridgehead atoms. The molecule has 0 spiro atoms. The Morgan fingerprint density at radius 1 is 1.12 bits per heavy atom. The largest absolute Gasteiger partial charge is 0.333 e. The van der Waals surface area contributed by atoms with E-state index in [0.29, 0.717) is 23.9 Å². The number of amides is 1. The average Bonchev–Trinajstić information content (AvgIpc) is 2.96. The number of carbonyl (C=O) groups excluding carboxylic acids is 1. The maximum absolute atomic E-state index is 12.6. The highest BCUT2D eigenvalue weighted by Gasteiger charge is 2.28. The number of benzene rings is 1. The molecule has 134 valence electrons. The normalized spacial score (nSPS) is 16.2. The SMILES string of the molecule is Cc1nc(C(=O)N2CCN(S(C)(=O)=O)CC2)nn1-c1ccc(Cl)cc1. The van der Waals surface area contributed by atoms with E-state index in [1.54, 1.807) is 40.8 Å².